The molecule has 8 heteroatoms. The van der Waals surface area contributed by atoms with Crippen LogP contribution in [0.1, 0.15) is 35.2 Å². The van der Waals surface area contributed by atoms with Crippen LogP contribution in [0.25, 0.3) is 0 Å². The topological polar surface area (TPSA) is 96.0 Å². The van der Waals surface area contributed by atoms with Crippen LogP contribution in [0.4, 0.5) is 0 Å². The third-order valence-electron chi connectivity index (χ3n) is 5.01. The molecular weight excluding hydrogens is 408 g/mol. The summed E-state index contributed by atoms with van der Waals surface area (Å²) in [5.41, 5.74) is 1.30. The van der Waals surface area contributed by atoms with Crippen molar-refractivity contribution < 1.29 is 31.7 Å². The number of methoxy groups -OCH3 is 1. The molecule has 0 bridgehead atoms. The molecule has 1 aliphatic rings. The van der Waals surface area contributed by atoms with E-state index in [1.165, 1.54) is 19.2 Å². The Morgan fingerprint density at radius 1 is 0.900 bits per heavy atom. The molecule has 0 N–H and O–H groups in total. The molecule has 160 valence electrons. The maximum absolute atomic E-state index is 12.7. The van der Waals surface area contributed by atoms with E-state index in [0.717, 1.165) is 5.56 Å². The minimum absolute atomic E-state index is 0.0334. The van der Waals surface area contributed by atoms with Crippen LogP contribution in [0.15, 0.2) is 59.5 Å². The average Bonchev–Trinajstić information content (AvgIpc) is 2.73. The Bertz CT molecular complexity index is 984. The second-order valence-corrected chi connectivity index (χ2v) is 8.88. The molecule has 0 amide bonds. The van der Waals surface area contributed by atoms with Gasteiger partial charge in [-0.2, -0.15) is 8.42 Å². The van der Waals surface area contributed by atoms with Crippen LogP contribution in [-0.4, -0.2) is 39.7 Å². The number of hydrogen-bond donors (Lipinski definition) is 0. The van der Waals surface area contributed by atoms with Crippen molar-refractivity contribution in [3.63, 3.8) is 0 Å². The molecule has 7 nitrogen and oxygen atoms in total. The number of carbonyl (C=O) groups excluding carboxylic acids is 2. The molecule has 1 aliphatic carbocycles. The van der Waals surface area contributed by atoms with Crippen molar-refractivity contribution in [3.8, 4) is 0 Å². The number of ether oxygens (including phenoxy) is 2. The van der Waals surface area contributed by atoms with Crippen molar-refractivity contribution in [2.75, 3.05) is 7.11 Å². The van der Waals surface area contributed by atoms with Gasteiger partial charge in [-0.15, -0.1) is 0 Å². The molecule has 0 unspecified atom stereocenters. The Hall–Kier alpha value is -2.71. The highest BCUT2D eigenvalue weighted by atomic mass is 32.2. The van der Waals surface area contributed by atoms with Crippen LogP contribution in [0.5, 0.6) is 0 Å². The number of aryl methyl sites for hydroxylation is 1. The van der Waals surface area contributed by atoms with Crippen LogP contribution in [0.3, 0.4) is 0 Å². The summed E-state index contributed by atoms with van der Waals surface area (Å²) in [5, 5.41) is 0. The van der Waals surface area contributed by atoms with Gasteiger partial charge in [0.15, 0.2) is 0 Å². The first kappa shape index (κ1) is 22.0. The predicted molar refractivity (Wildman–Crippen MR) is 108 cm³/mol. The van der Waals surface area contributed by atoms with Gasteiger partial charge in [-0.1, -0.05) is 35.9 Å². The first-order valence-corrected chi connectivity index (χ1v) is 11.0. The molecule has 0 aliphatic heterocycles. The molecule has 3 rings (SSSR count). The first-order chi connectivity index (χ1) is 14.3. The summed E-state index contributed by atoms with van der Waals surface area (Å²) in [4.78, 5) is 24.6. The van der Waals surface area contributed by atoms with E-state index < -0.39 is 40.2 Å². The van der Waals surface area contributed by atoms with Gasteiger partial charge in [0.05, 0.1) is 29.6 Å². The number of rotatable bonds is 6. The highest BCUT2D eigenvalue weighted by Crippen LogP contribution is 2.32. The lowest BCUT2D eigenvalue weighted by Gasteiger charge is -2.32. The molecule has 3 atom stereocenters. The van der Waals surface area contributed by atoms with Crippen LogP contribution < -0.4 is 0 Å². The molecule has 2 aromatic rings. The lowest BCUT2D eigenvalue weighted by Crippen LogP contribution is -2.38. The SMILES string of the molecule is COC(=O)[C@H]1C[C@H](OC(=O)c2ccccc2)C[C@@H](OS(=O)(=O)c2ccc(C)cc2)C1. The molecule has 0 heterocycles. The Morgan fingerprint density at radius 2 is 1.53 bits per heavy atom. The Kier molecular flexibility index (Phi) is 6.89. The van der Waals surface area contributed by atoms with E-state index >= 15 is 0 Å². The van der Waals surface area contributed by atoms with E-state index in [2.05, 4.69) is 0 Å². The monoisotopic (exact) mass is 432 g/mol. The fourth-order valence-corrected chi connectivity index (χ4v) is 4.58. The Morgan fingerprint density at radius 3 is 2.17 bits per heavy atom. The van der Waals surface area contributed by atoms with E-state index in [1.54, 1.807) is 42.5 Å². The second-order valence-electron chi connectivity index (χ2n) is 7.31. The second kappa shape index (κ2) is 9.40. The minimum atomic E-state index is -4.03. The summed E-state index contributed by atoms with van der Waals surface area (Å²) in [6.07, 6.45) is -0.916. The van der Waals surface area contributed by atoms with Crippen molar-refractivity contribution in [1.82, 2.24) is 0 Å². The minimum Gasteiger partial charge on any atom is -0.469 e. The van der Waals surface area contributed by atoms with Crippen molar-refractivity contribution >= 4 is 22.1 Å². The van der Waals surface area contributed by atoms with Gasteiger partial charge in [-0.3, -0.25) is 8.98 Å². The smallest absolute Gasteiger partial charge is 0.338 e. The quantitative estimate of drug-likeness (QED) is 0.511. The number of carbonyl (C=O) groups is 2. The van der Waals surface area contributed by atoms with Crippen LogP contribution in [-0.2, 0) is 28.6 Å². The van der Waals surface area contributed by atoms with E-state index in [9.17, 15) is 18.0 Å². The zero-order chi connectivity index (χ0) is 21.7. The molecule has 1 fully saturated rings. The molecule has 1 saturated carbocycles. The van der Waals surface area contributed by atoms with Crippen molar-refractivity contribution in [3.05, 3.63) is 65.7 Å². The van der Waals surface area contributed by atoms with Gasteiger partial charge in [-0.05, 0) is 44.0 Å². The summed E-state index contributed by atoms with van der Waals surface area (Å²) >= 11 is 0. The number of esters is 2. The molecule has 0 aromatic heterocycles. The first-order valence-electron chi connectivity index (χ1n) is 9.62. The molecule has 0 radical (unpaired) electrons. The summed E-state index contributed by atoms with van der Waals surface area (Å²) in [7, 11) is -2.76. The normalized spacial score (nSPS) is 21.6. The van der Waals surface area contributed by atoms with Gasteiger partial charge in [0.2, 0.25) is 0 Å². The maximum Gasteiger partial charge on any atom is 0.338 e. The van der Waals surface area contributed by atoms with Crippen LogP contribution in [0, 0.1) is 12.8 Å². The number of benzene rings is 2. The van der Waals surface area contributed by atoms with E-state index in [1.807, 2.05) is 6.92 Å². The third kappa shape index (κ3) is 5.46. The highest BCUT2D eigenvalue weighted by molar-refractivity contribution is 7.86. The van der Waals surface area contributed by atoms with Gasteiger partial charge < -0.3 is 9.47 Å². The zero-order valence-electron chi connectivity index (χ0n) is 16.8. The molecule has 30 heavy (non-hydrogen) atoms. The summed E-state index contributed by atoms with van der Waals surface area (Å²) < 4.78 is 41.1. The fourth-order valence-electron chi connectivity index (χ4n) is 3.48. The molecule has 2 aromatic carbocycles. The van der Waals surface area contributed by atoms with E-state index in [4.69, 9.17) is 13.7 Å². The Balaban J connectivity index is 1.75. The van der Waals surface area contributed by atoms with Crippen molar-refractivity contribution in [1.29, 1.82) is 0 Å². The van der Waals surface area contributed by atoms with Crippen LogP contribution in [0.2, 0.25) is 0 Å². The highest BCUT2D eigenvalue weighted by Gasteiger charge is 2.38. The third-order valence-corrected chi connectivity index (χ3v) is 6.39. The molecular formula is C22H24O7S. The van der Waals surface area contributed by atoms with Crippen LogP contribution >= 0.6 is 0 Å². The summed E-state index contributed by atoms with van der Waals surface area (Å²) in [6, 6.07) is 14.8. The van der Waals surface area contributed by atoms with Gasteiger partial charge in [0.25, 0.3) is 10.1 Å². The zero-order valence-corrected chi connectivity index (χ0v) is 17.6. The van der Waals surface area contributed by atoms with Gasteiger partial charge in [-0.25, -0.2) is 4.79 Å². The largest absolute Gasteiger partial charge is 0.469 e. The van der Waals surface area contributed by atoms with Gasteiger partial charge >= 0.3 is 11.9 Å². The molecule has 0 spiro atoms. The standard InChI is InChI=1S/C22H24O7S/c1-15-8-10-20(11-9-15)30(25,26)29-19-13-17(21(23)27-2)12-18(14-19)28-22(24)16-6-4-3-5-7-16/h3-11,17-19H,12-14H2,1-2H3/t17-,18-,19-/m0/s1. The fraction of sp³-hybridized carbons (Fsp3) is 0.364. The molecule has 0 saturated heterocycles. The summed E-state index contributed by atoms with van der Waals surface area (Å²) in [5.74, 6) is -1.65. The van der Waals surface area contributed by atoms with Crippen molar-refractivity contribution in [2.45, 2.75) is 43.3 Å². The van der Waals surface area contributed by atoms with E-state index in [0.29, 0.717) is 5.56 Å². The number of hydrogen-bond acceptors (Lipinski definition) is 7. The van der Waals surface area contributed by atoms with Gasteiger partial charge in [0, 0.05) is 6.42 Å². The van der Waals surface area contributed by atoms with Crippen molar-refractivity contribution in [2.24, 2.45) is 5.92 Å². The predicted octanol–water partition coefficient (Wildman–Crippen LogP) is 3.27. The maximum atomic E-state index is 12.7. The lowest BCUT2D eigenvalue weighted by molar-refractivity contribution is -0.149. The average molecular weight is 432 g/mol. The van der Waals surface area contributed by atoms with Gasteiger partial charge in [0.1, 0.15) is 6.10 Å². The lowest BCUT2D eigenvalue weighted by atomic mass is 9.85. The van der Waals surface area contributed by atoms with E-state index in [-0.39, 0.29) is 24.2 Å². The Labute approximate surface area is 176 Å². The summed E-state index contributed by atoms with van der Waals surface area (Å²) in [6.45, 7) is 1.85.